The van der Waals surface area contributed by atoms with E-state index in [0.717, 1.165) is 23.3 Å². The second kappa shape index (κ2) is 4.57. The smallest absolute Gasteiger partial charge is 0.222 e. The Labute approximate surface area is 100 Å². The van der Waals surface area contributed by atoms with E-state index in [-0.39, 0.29) is 11.8 Å². The summed E-state index contributed by atoms with van der Waals surface area (Å²) in [6.07, 6.45) is 0.847. The normalized spacial score (nSPS) is 12.8. The van der Waals surface area contributed by atoms with Crippen LogP contribution in [0, 0.1) is 5.92 Å². The molecule has 1 heterocycles. The number of aryl methyl sites for hydroxylation is 1. The van der Waals surface area contributed by atoms with Gasteiger partial charge < -0.3 is 10.3 Å². The monoisotopic (exact) mass is 231 g/mol. The van der Waals surface area contributed by atoms with Crippen LogP contribution in [0.3, 0.4) is 0 Å². The van der Waals surface area contributed by atoms with E-state index in [2.05, 4.69) is 16.5 Å². The lowest BCUT2D eigenvalue weighted by atomic mass is 10.1. The number of imidazole rings is 1. The number of amides is 1. The van der Waals surface area contributed by atoms with Crippen LogP contribution in [0.25, 0.3) is 11.0 Å². The van der Waals surface area contributed by atoms with E-state index in [1.807, 2.05) is 31.2 Å². The molecule has 0 radical (unpaired) electrons. The van der Waals surface area contributed by atoms with Crippen LogP contribution < -0.4 is 5.73 Å². The van der Waals surface area contributed by atoms with Gasteiger partial charge in [0.25, 0.3) is 0 Å². The number of primary amides is 1. The first kappa shape index (κ1) is 11.6. The van der Waals surface area contributed by atoms with E-state index in [4.69, 9.17) is 5.73 Å². The Morgan fingerprint density at radius 2 is 2.18 bits per heavy atom. The van der Waals surface area contributed by atoms with Gasteiger partial charge in [-0.15, -0.1) is 0 Å². The van der Waals surface area contributed by atoms with Crippen molar-refractivity contribution in [1.29, 1.82) is 0 Å². The Bertz CT molecular complexity index is 545. The molecule has 1 amide bonds. The van der Waals surface area contributed by atoms with Crippen molar-refractivity contribution in [1.82, 2.24) is 9.55 Å². The highest BCUT2D eigenvalue weighted by atomic mass is 16.1. The molecular formula is C13H17N3O. The molecule has 2 aromatic rings. The van der Waals surface area contributed by atoms with Gasteiger partial charge in [0, 0.05) is 13.0 Å². The van der Waals surface area contributed by atoms with E-state index < -0.39 is 0 Å². The first-order valence-corrected chi connectivity index (χ1v) is 5.87. The molecule has 2 rings (SSSR count). The summed E-state index contributed by atoms with van der Waals surface area (Å²) in [7, 11) is 0. The van der Waals surface area contributed by atoms with Gasteiger partial charge in [-0.3, -0.25) is 4.79 Å². The lowest BCUT2D eigenvalue weighted by Gasteiger charge is -2.11. The molecule has 0 spiro atoms. The number of benzene rings is 1. The van der Waals surface area contributed by atoms with Gasteiger partial charge in [0.1, 0.15) is 5.82 Å². The van der Waals surface area contributed by atoms with Crippen molar-refractivity contribution in [2.45, 2.75) is 26.8 Å². The van der Waals surface area contributed by atoms with Crippen molar-refractivity contribution in [3.05, 3.63) is 30.1 Å². The number of rotatable bonds is 4. The summed E-state index contributed by atoms with van der Waals surface area (Å²) >= 11 is 0. The second-order valence-electron chi connectivity index (χ2n) is 4.28. The number of nitrogens with zero attached hydrogens (tertiary/aromatic N) is 2. The van der Waals surface area contributed by atoms with E-state index in [0.29, 0.717) is 6.54 Å². The van der Waals surface area contributed by atoms with E-state index in [1.165, 1.54) is 0 Å². The minimum Gasteiger partial charge on any atom is -0.369 e. The van der Waals surface area contributed by atoms with E-state index in [1.54, 1.807) is 0 Å². The first-order valence-electron chi connectivity index (χ1n) is 5.87. The van der Waals surface area contributed by atoms with Crippen LogP contribution in [-0.4, -0.2) is 15.5 Å². The summed E-state index contributed by atoms with van der Waals surface area (Å²) in [4.78, 5) is 15.7. The summed E-state index contributed by atoms with van der Waals surface area (Å²) in [5.41, 5.74) is 7.36. The van der Waals surface area contributed by atoms with Gasteiger partial charge in [0.2, 0.25) is 5.91 Å². The Kier molecular flexibility index (Phi) is 3.13. The highest BCUT2D eigenvalue weighted by Gasteiger charge is 2.14. The van der Waals surface area contributed by atoms with Gasteiger partial charge in [-0.1, -0.05) is 26.0 Å². The molecule has 0 bridgehead atoms. The molecule has 2 N–H and O–H groups in total. The summed E-state index contributed by atoms with van der Waals surface area (Å²) < 4.78 is 2.09. The van der Waals surface area contributed by atoms with Crippen molar-refractivity contribution < 1.29 is 4.79 Å². The van der Waals surface area contributed by atoms with E-state index >= 15 is 0 Å². The SMILES string of the molecule is CCc1nc2ccccc2n1CC(C)C(N)=O. The van der Waals surface area contributed by atoms with E-state index in [9.17, 15) is 4.79 Å². The number of nitrogens with two attached hydrogens (primary N) is 1. The van der Waals surface area contributed by atoms with Crippen LogP contribution in [0.5, 0.6) is 0 Å². The van der Waals surface area contributed by atoms with Crippen molar-refractivity contribution in [2.75, 3.05) is 0 Å². The van der Waals surface area contributed by atoms with Gasteiger partial charge in [-0.2, -0.15) is 0 Å². The quantitative estimate of drug-likeness (QED) is 0.871. The zero-order valence-corrected chi connectivity index (χ0v) is 10.2. The Morgan fingerprint density at radius 1 is 1.47 bits per heavy atom. The third-order valence-electron chi connectivity index (χ3n) is 2.99. The van der Waals surface area contributed by atoms with Crippen LogP contribution in [0.4, 0.5) is 0 Å². The minimum absolute atomic E-state index is 0.182. The summed E-state index contributed by atoms with van der Waals surface area (Å²) in [6, 6.07) is 7.96. The number of para-hydroxylation sites is 2. The predicted molar refractivity (Wildman–Crippen MR) is 67.5 cm³/mol. The number of fused-ring (bicyclic) bond motifs is 1. The first-order chi connectivity index (χ1) is 8.13. The highest BCUT2D eigenvalue weighted by molar-refractivity contribution is 5.78. The van der Waals surface area contributed by atoms with Crippen molar-refractivity contribution in [3.8, 4) is 0 Å². The number of hydrogen-bond donors (Lipinski definition) is 1. The predicted octanol–water partition coefficient (Wildman–Crippen LogP) is 1.72. The fraction of sp³-hybridized carbons (Fsp3) is 0.385. The molecule has 1 unspecified atom stereocenters. The van der Waals surface area contributed by atoms with Crippen LogP contribution in [-0.2, 0) is 17.8 Å². The molecule has 1 aromatic carbocycles. The highest BCUT2D eigenvalue weighted by Crippen LogP contribution is 2.18. The molecule has 4 nitrogen and oxygen atoms in total. The number of hydrogen-bond acceptors (Lipinski definition) is 2. The molecule has 0 saturated carbocycles. The molecule has 0 fully saturated rings. The number of aromatic nitrogens is 2. The Hall–Kier alpha value is -1.84. The third-order valence-corrected chi connectivity index (χ3v) is 2.99. The van der Waals surface area contributed by atoms with Crippen molar-refractivity contribution in [3.63, 3.8) is 0 Å². The van der Waals surface area contributed by atoms with Gasteiger partial charge in [0.15, 0.2) is 0 Å². The second-order valence-corrected chi connectivity index (χ2v) is 4.28. The topological polar surface area (TPSA) is 60.9 Å². The third kappa shape index (κ3) is 2.16. The van der Waals surface area contributed by atoms with Crippen LogP contribution >= 0.6 is 0 Å². The van der Waals surface area contributed by atoms with Crippen molar-refractivity contribution in [2.24, 2.45) is 11.7 Å². The molecule has 0 aliphatic heterocycles. The number of carbonyl (C=O) groups is 1. The average molecular weight is 231 g/mol. The molecule has 1 atom stereocenters. The molecule has 17 heavy (non-hydrogen) atoms. The molecule has 4 heteroatoms. The van der Waals surface area contributed by atoms with Crippen LogP contribution in [0.2, 0.25) is 0 Å². The molecular weight excluding hydrogens is 214 g/mol. The summed E-state index contributed by atoms with van der Waals surface area (Å²) in [5.74, 6) is 0.544. The Morgan fingerprint density at radius 3 is 2.82 bits per heavy atom. The lowest BCUT2D eigenvalue weighted by Crippen LogP contribution is -2.25. The summed E-state index contributed by atoms with van der Waals surface area (Å²) in [6.45, 7) is 4.50. The molecule has 90 valence electrons. The van der Waals surface area contributed by atoms with Gasteiger partial charge in [-0.25, -0.2) is 4.98 Å². The van der Waals surface area contributed by atoms with Gasteiger partial charge in [-0.05, 0) is 12.1 Å². The maximum atomic E-state index is 11.1. The fourth-order valence-electron chi connectivity index (χ4n) is 1.96. The summed E-state index contributed by atoms with van der Waals surface area (Å²) in [5, 5.41) is 0. The standard InChI is InChI=1S/C13H17N3O/c1-3-12-15-10-6-4-5-7-11(10)16(12)8-9(2)13(14)17/h4-7,9H,3,8H2,1-2H3,(H2,14,17). The molecule has 0 saturated heterocycles. The van der Waals surface area contributed by atoms with Crippen LogP contribution in [0.15, 0.2) is 24.3 Å². The van der Waals surface area contributed by atoms with Gasteiger partial charge >= 0.3 is 0 Å². The van der Waals surface area contributed by atoms with Crippen molar-refractivity contribution >= 4 is 16.9 Å². The molecule has 0 aliphatic rings. The molecule has 0 aliphatic carbocycles. The zero-order chi connectivity index (χ0) is 12.4. The minimum atomic E-state index is -0.273. The lowest BCUT2D eigenvalue weighted by molar-refractivity contribution is -0.121. The largest absolute Gasteiger partial charge is 0.369 e. The molecule has 1 aromatic heterocycles. The average Bonchev–Trinajstić information content (AvgIpc) is 2.67. The fourth-order valence-corrected chi connectivity index (χ4v) is 1.96. The zero-order valence-electron chi connectivity index (χ0n) is 10.2. The maximum absolute atomic E-state index is 11.1. The number of carbonyl (C=O) groups excluding carboxylic acids is 1. The van der Waals surface area contributed by atoms with Gasteiger partial charge in [0.05, 0.1) is 17.0 Å². The Balaban J connectivity index is 2.46. The van der Waals surface area contributed by atoms with Crippen LogP contribution in [0.1, 0.15) is 19.7 Å². The maximum Gasteiger partial charge on any atom is 0.222 e.